The molecule has 2 rings (SSSR count). The third-order valence-corrected chi connectivity index (χ3v) is 3.41. The van der Waals surface area contributed by atoms with Crippen molar-refractivity contribution in [2.75, 3.05) is 6.61 Å². The van der Waals surface area contributed by atoms with Crippen molar-refractivity contribution in [3.05, 3.63) is 58.1 Å². The normalized spacial score (nSPS) is 10.7. The molecule has 2 aromatic carbocycles. The number of amides is 1. The van der Waals surface area contributed by atoms with Crippen LogP contribution in [0.4, 0.5) is 0 Å². The molecule has 0 unspecified atom stereocenters. The van der Waals surface area contributed by atoms with Gasteiger partial charge in [0, 0.05) is 5.56 Å². The summed E-state index contributed by atoms with van der Waals surface area (Å²) >= 11 is 5.93. The van der Waals surface area contributed by atoms with Gasteiger partial charge in [0.2, 0.25) is 0 Å². The summed E-state index contributed by atoms with van der Waals surface area (Å²) in [5, 5.41) is 13.8. The number of nitrogens with one attached hydrogen (secondary N) is 1. The van der Waals surface area contributed by atoms with Crippen molar-refractivity contribution < 1.29 is 14.6 Å². The standard InChI is InChI=1S/C17H17ClN2O3/c1-3-23-15-9-12(8-14(18)16(15)21)10-19-20-17(22)13-7-5-4-6-11(13)2/h4-10,21H,3H2,1-2H3,(H,20,22)/b19-10-. The molecule has 2 aromatic rings. The Hall–Kier alpha value is -2.53. The van der Waals surface area contributed by atoms with Crippen molar-refractivity contribution in [3.8, 4) is 11.5 Å². The second kappa shape index (κ2) is 7.65. The maximum Gasteiger partial charge on any atom is 0.271 e. The fraction of sp³-hybridized carbons (Fsp3) is 0.176. The number of hydrogen-bond donors (Lipinski definition) is 2. The molecule has 23 heavy (non-hydrogen) atoms. The molecule has 120 valence electrons. The zero-order valence-electron chi connectivity index (χ0n) is 12.8. The first-order valence-corrected chi connectivity index (χ1v) is 7.45. The number of phenols is 1. The van der Waals surface area contributed by atoms with Gasteiger partial charge in [-0.15, -0.1) is 0 Å². The van der Waals surface area contributed by atoms with Crippen LogP contribution in [0.25, 0.3) is 0 Å². The summed E-state index contributed by atoms with van der Waals surface area (Å²) < 4.78 is 5.29. The van der Waals surface area contributed by atoms with Crippen molar-refractivity contribution in [2.24, 2.45) is 5.10 Å². The van der Waals surface area contributed by atoms with Crippen LogP contribution in [0.1, 0.15) is 28.4 Å². The number of carbonyl (C=O) groups is 1. The zero-order valence-corrected chi connectivity index (χ0v) is 13.6. The Morgan fingerprint density at radius 2 is 2.13 bits per heavy atom. The molecule has 0 saturated heterocycles. The Labute approximate surface area is 139 Å². The quantitative estimate of drug-likeness (QED) is 0.650. The van der Waals surface area contributed by atoms with E-state index in [1.54, 1.807) is 25.1 Å². The van der Waals surface area contributed by atoms with Crippen LogP contribution < -0.4 is 10.2 Å². The molecule has 0 saturated carbocycles. The second-order valence-corrected chi connectivity index (χ2v) is 5.20. The molecular weight excluding hydrogens is 316 g/mol. The minimum atomic E-state index is -0.297. The van der Waals surface area contributed by atoms with E-state index in [9.17, 15) is 9.90 Å². The molecule has 0 aromatic heterocycles. The number of benzene rings is 2. The Kier molecular flexibility index (Phi) is 5.60. The Morgan fingerprint density at radius 3 is 2.83 bits per heavy atom. The van der Waals surface area contributed by atoms with Crippen LogP contribution in [0.3, 0.4) is 0 Å². The highest BCUT2D eigenvalue weighted by Crippen LogP contribution is 2.34. The monoisotopic (exact) mass is 332 g/mol. The first kappa shape index (κ1) is 16.8. The van der Waals surface area contributed by atoms with Crippen LogP contribution in [0.5, 0.6) is 11.5 Å². The van der Waals surface area contributed by atoms with Gasteiger partial charge in [-0.05, 0) is 43.2 Å². The fourth-order valence-corrected chi connectivity index (χ4v) is 2.21. The number of rotatable bonds is 5. The van der Waals surface area contributed by atoms with E-state index < -0.39 is 0 Å². The third-order valence-electron chi connectivity index (χ3n) is 3.12. The summed E-state index contributed by atoms with van der Waals surface area (Å²) in [5.74, 6) is -0.143. The van der Waals surface area contributed by atoms with Crippen molar-refractivity contribution in [1.82, 2.24) is 5.43 Å². The van der Waals surface area contributed by atoms with Gasteiger partial charge in [-0.25, -0.2) is 5.43 Å². The van der Waals surface area contributed by atoms with Gasteiger partial charge in [0.15, 0.2) is 11.5 Å². The number of ether oxygens (including phenoxy) is 1. The van der Waals surface area contributed by atoms with E-state index in [2.05, 4.69) is 10.5 Å². The van der Waals surface area contributed by atoms with Crippen molar-refractivity contribution in [3.63, 3.8) is 0 Å². The van der Waals surface area contributed by atoms with Crippen LogP contribution in [-0.4, -0.2) is 23.8 Å². The van der Waals surface area contributed by atoms with Gasteiger partial charge in [0.05, 0.1) is 17.8 Å². The highest BCUT2D eigenvalue weighted by Gasteiger charge is 2.09. The largest absolute Gasteiger partial charge is 0.503 e. The van der Waals surface area contributed by atoms with Gasteiger partial charge in [-0.2, -0.15) is 5.10 Å². The molecule has 0 spiro atoms. The molecule has 2 N–H and O–H groups in total. The summed E-state index contributed by atoms with van der Waals surface area (Å²) in [6.45, 7) is 4.05. The first-order chi connectivity index (χ1) is 11.0. The number of aryl methyl sites for hydroxylation is 1. The van der Waals surface area contributed by atoms with E-state index >= 15 is 0 Å². The molecule has 0 aliphatic heterocycles. The van der Waals surface area contributed by atoms with Crippen LogP contribution >= 0.6 is 11.6 Å². The maximum absolute atomic E-state index is 12.0. The predicted octanol–water partition coefficient (Wildman–Crippen LogP) is 3.52. The first-order valence-electron chi connectivity index (χ1n) is 7.07. The molecule has 0 radical (unpaired) electrons. The SMILES string of the molecule is CCOc1cc(/C=N\NC(=O)c2ccccc2C)cc(Cl)c1O. The second-order valence-electron chi connectivity index (χ2n) is 4.80. The summed E-state index contributed by atoms with van der Waals surface area (Å²) in [6.07, 6.45) is 1.43. The molecular formula is C17H17ClN2O3. The number of hydrogen-bond acceptors (Lipinski definition) is 4. The van der Waals surface area contributed by atoms with Crippen LogP contribution in [-0.2, 0) is 0 Å². The van der Waals surface area contributed by atoms with Gasteiger partial charge in [0.25, 0.3) is 5.91 Å². The maximum atomic E-state index is 12.0. The lowest BCUT2D eigenvalue weighted by molar-refractivity contribution is 0.0954. The highest BCUT2D eigenvalue weighted by molar-refractivity contribution is 6.32. The van der Waals surface area contributed by atoms with Crippen LogP contribution in [0, 0.1) is 6.92 Å². The van der Waals surface area contributed by atoms with Gasteiger partial charge in [-0.1, -0.05) is 29.8 Å². The molecule has 0 bridgehead atoms. The van der Waals surface area contributed by atoms with E-state index in [0.29, 0.717) is 17.7 Å². The number of aromatic hydroxyl groups is 1. The van der Waals surface area contributed by atoms with Crippen molar-refractivity contribution in [1.29, 1.82) is 0 Å². The smallest absolute Gasteiger partial charge is 0.271 e. The number of hydrazone groups is 1. The minimum absolute atomic E-state index is 0.116. The Balaban J connectivity index is 2.12. The fourth-order valence-electron chi connectivity index (χ4n) is 1.99. The average molecular weight is 333 g/mol. The molecule has 5 nitrogen and oxygen atoms in total. The molecule has 0 fully saturated rings. The lowest BCUT2D eigenvalue weighted by atomic mass is 10.1. The predicted molar refractivity (Wildman–Crippen MR) is 90.5 cm³/mol. The van der Waals surface area contributed by atoms with E-state index in [1.165, 1.54) is 12.3 Å². The minimum Gasteiger partial charge on any atom is -0.503 e. The molecule has 6 heteroatoms. The summed E-state index contributed by atoms with van der Waals surface area (Å²) in [6, 6.07) is 10.4. The van der Waals surface area contributed by atoms with Gasteiger partial charge >= 0.3 is 0 Å². The Bertz CT molecular complexity index is 745. The van der Waals surface area contributed by atoms with Crippen LogP contribution in [0.2, 0.25) is 5.02 Å². The lowest BCUT2D eigenvalue weighted by Gasteiger charge is -2.08. The van der Waals surface area contributed by atoms with E-state index in [0.717, 1.165) is 5.56 Å². The van der Waals surface area contributed by atoms with E-state index in [4.69, 9.17) is 16.3 Å². The molecule has 0 aliphatic rings. The zero-order chi connectivity index (χ0) is 16.8. The van der Waals surface area contributed by atoms with Crippen LogP contribution in [0.15, 0.2) is 41.5 Å². The number of phenolic OH excluding ortho intramolecular Hbond substituents is 1. The highest BCUT2D eigenvalue weighted by atomic mass is 35.5. The van der Waals surface area contributed by atoms with Gasteiger partial charge in [0.1, 0.15) is 0 Å². The summed E-state index contributed by atoms with van der Waals surface area (Å²) in [7, 11) is 0. The average Bonchev–Trinajstić information content (AvgIpc) is 2.52. The number of halogens is 1. The number of carbonyl (C=O) groups excluding carboxylic acids is 1. The van der Waals surface area contributed by atoms with Gasteiger partial charge in [-0.3, -0.25) is 4.79 Å². The topological polar surface area (TPSA) is 70.9 Å². The molecule has 0 atom stereocenters. The molecule has 1 amide bonds. The lowest BCUT2D eigenvalue weighted by Crippen LogP contribution is -2.18. The van der Waals surface area contributed by atoms with E-state index in [1.807, 2.05) is 19.1 Å². The molecule has 0 heterocycles. The van der Waals surface area contributed by atoms with Crippen molar-refractivity contribution in [2.45, 2.75) is 13.8 Å². The molecule has 0 aliphatic carbocycles. The summed E-state index contributed by atoms with van der Waals surface area (Å²) in [4.78, 5) is 12.0. The van der Waals surface area contributed by atoms with E-state index in [-0.39, 0.29) is 22.4 Å². The Morgan fingerprint density at radius 1 is 1.39 bits per heavy atom. The third kappa shape index (κ3) is 4.23. The summed E-state index contributed by atoms with van der Waals surface area (Å²) in [5.41, 5.74) is 4.48. The van der Waals surface area contributed by atoms with Gasteiger partial charge < -0.3 is 9.84 Å². The van der Waals surface area contributed by atoms with Crippen molar-refractivity contribution >= 4 is 23.7 Å². The number of nitrogens with zero attached hydrogens (tertiary/aromatic N) is 1.